The molecule has 1 fully saturated rings. The molecule has 1 unspecified atom stereocenters. The summed E-state index contributed by atoms with van der Waals surface area (Å²) in [7, 11) is 0. The van der Waals surface area contributed by atoms with Gasteiger partial charge in [-0.15, -0.1) is 0 Å². The van der Waals surface area contributed by atoms with Gasteiger partial charge < -0.3 is 9.47 Å². The van der Waals surface area contributed by atoms with Crippen LogP contribution in [0.25, 0.3) is 0 Å². The van der Waals surface area contributed by atoms with E-state index in [9.17, 15) is 14.9 Å². The maximum Gasteiger partial charge on any atom is 0.345 e. The van der Waals surface area contributed by atoms with Crippen molar-refractivity contribution in [2.75, 3.05) is 13.2 Å². The van der Waals surface area contributed by atoms with Gasteiger partial charge in [-0.25, -0.2) is 4.79 Å². The van der Waals surface area contributed by atoms with Crippen molar-refractivity contribution in [2.24, 2.45) is 0 Å². The van der Waals surface area contributed by atoms with Gasteiger partial charge in [0.15, 0.2) is 0 Å². The van der Waals surface area contributed by atoms with Crippen molar-refractivity contribution in [1.29, 1.82) is 0 Å². The molecule has 0 radical (unpaired) electrons. The van der Waals surface area contributed by atoms with Crippen LogP contribution in [-0.4, -0.2) is 30.2 Å². The predicted octanol–water partition coefficient (Wildman–Crippen LogP) is 2.19. The first-order chi connectivity index (χ1) is 8.58. The lowest BCUT2D eigenvalue weighted by Gasteiger charge is -2.10. The summed E-state index contributed by atoms with van der Waals surface area (Å²) in [6.07, 6.45) is 0.246. The number of carbonyl (C=O) groups excluding carboxylic acids is 1. The molecule has 1 aromatic rings. The van der Waals surface area contributed by atoms with Gasteiger partial charge in [-0.1, -0.05) is 11.6 Å². The van der Waals surface area contributed by atoms with Gasteiger partial charge in [0.2, 0.25) is 0 Å². The van der Waals surface area contributed by atoms with E-state index in [1.54, 1.807) is 0 Å². The Balaban J connectivity index is 2.22. The van der Waals surface area contributed by atoms with Crippen LogP contribution in [0.2, 0.25) is 5.02 Å². The Kier molecular flexibility index (Phi) is 3.78. The van der Waals surface area contributed by atoms with Crippen molar-refractivity contribution in [3.8, 4) is 0 Å². The largest absolute Gasteiger partial charge is 0.456 e. The standard InChI is InChI=1S/C11H10ClNO5/c12-7-1-2-10(13(15)16)9(5-7)11(14)18-8-3-4-17-6-8/h1-2,5,8H,3-4,6H2. The Morgan fingerprint density at radius 3 is 2.94 bits per heavy atom. The smallest absolute Gasteiger partial charge is 0.345 e. The molecule has 0 saturated carbocycles. The van der Waals surface area contributed by atoms with Crippen LogP contribution in [0.5, 0.6) is 0 Å². The van der Waals surface area contributed by atoms with E-state index in [0.29, 0.717) is 19.6 Å². The molecule has 1 aliphatic rings. The van der Waals surface area contributed by atoms with Gasteiger partial charge in [-0.2, -0.15) is 0 Å². The average Bonchev–Trinajstić information content (AvgIpc) is 2.81. The van der Waals surface area contributed by atoms with Gasteiger partial charge in [-0.3, -0.25) is 10.1 Å². The molecule has 18 heavy (non-hydrogen) atoms. The predicted molar refractivity (Wildman–Crippen MR) is 62.7 cm³/mol. The Bertz CT molecular complexity index is 484. The second kappa shape index (κ2) is 5.32. The molecule has 0 spiro atoms. The van der Waals surface area contributed by atoms with E-state index in [0.717, 1.165) is 0 Å². The molecule has 2 rings (SSSR count). The summed E-state index contributed by atoms with van der Waals surface area (Å²) in [5, 5.41) is 11.1. The Labute approximate surface area is 108 Å². The highest BCUT2D eigenvalue weighted by Gasteiger charge is 2.26. The molecule has 1 aromatic carbocycles. The van der Waals surface area contributed by atoms with Crippen molar-refractivity contribution in [2.45, 2.75) is 12.5 Å². The number of esters is 1. The van der Waals surface area contributed by atoms with Crippen molar-refractivity contribution in [1.82, 2.24) is 0 Å². The SMILES string of the molecule is O=C(OC1CCOC1)c1cc(Cl)ccc1[N+](=O)[O-]. The zero-order valence-corrected chi connectivity index (χ0v) is 10.1. The normalized spacial score (nSPS) is 18.6. The molecule has 1 heterocycles. The third-order valence-corrected chi connectivity index (χ3v) is 2.77. The Morgan fingerprint density at radius 2 is 2.33 bits per heavy atom. The van der Waals surface area contributed by atoms with Crippen LogP contribution in [0.1, 0.15) is 16.8 Å². The Hall–Kier alpha value is -1.66. The summed E-state index contributed by atoms with van der Waals surface area (Å²) in [6.45, 7) is 0.843. The van der Waals surface area contributed by atoms with Crippen LogP contribution in [0.4, 0.5) is 5.69 Å². The van der Waals surface area contributed by atoms with Gasteiger partial charge in [0.25, 0.3) is 5.69 Å². The van der Waals surface area contributed by atoms with E-state index in [1.165, 1.54) is 18.2 Å². The molecule has 1 saturated heterocycles. The number of benzene rings is 1. The highest BCUT2D eigenvalue weighted by molar-refractivity contribution is 6.31. The number of rotatable bonds is 3. The zero-order chi connectivity index (χ0) is 13.1. The van der Waals surface area contributed by atoms with E-state index in [2.05, 4.69) is 0 Å². The summed E-state index contributed by atoms with van der Waals surface area (Å²) >= 11 is 5.73. The highest BCUT2D eigenvalue weighted by atomic mass is 35.5. The maximum atomic E-state index is 11.8. The molecule has 0 bridgehead atoms. The zero-order valence-electron chi connectivity index (χ0n) is 9.30. The first-order valence-corrected chi connectivity index (χ1v) is 5.68. The summed E-state index contributed by atoms with van der Waals surface area (Å²) in [6, 6.07) is 3.77. The number of nitro groups is 1. The molecule has 0 aromatic heterocycles. The van der Waals surface area contributed by atoms with Crippen molar-refractivity contribution in [3.63, 3.8) is 0 Å². The number of nitro benzene ring substituents is 1. The van der Waals surface area contributed by atoms with Crippen molar-refractivity contribution >= 4 is 23.3 Å². The maximum absolute atomic E-state index is 11.8. The molecule has 1 aliphatic heterocycles. The summed E-state index contributed by atoms with van der Waals surface area (Å²) in [5.41, 5.74) is -0.456. The van der Waals surface area contributed by atoms with E-state index in [-0.39, 0.29) is 22.4 Å². The summed E-state index contributed by atoms with van der Waals surface area (Å²) in [5.74, 6) is -0.750. The first kappa shape index (κ1) is 12.8. The second-order valence-corrected chi connectivity index (χ2v) is 4.25. The van der Waals surface area contributed by atoms with Crippen LogP contribution >= 0.6 is 11.6 Å². The van der Waals surface area contributed by atoms with E-state index in [1.807, 2.05) is 0 Å². The molecular weight excluding hydrogens is 262 g/mol. The third-order valence-electron chi connectivity index (χ3n) is 2.54. The lowest BCUT2D eigenvalue weighted by Crippen LogP contribution is -2.19. The molecular formula is C11H10ClNO5. The van der Waals surface area contributed by atoms with Crippen LogP contribution in [0.15, 0.2) is 18.2 Å². The highest BCUT2D eigenvalue weighted by Crippen LogP contribution is 2.24. The Morgan fingerprint density at radius 1 is 1.56 bits per heavy atom. The number of halogens is 1. The van der Waals surface area contributed by atoms with Crippen LogP contribution in [0.3, 0.4) is 0 Å². The van der Waals surface area contributed by atoms with Crippen LogP contribution in [-0.2, 0) is 9.47 Å². The lowest BCUT2D eigenvalue weighted by atomic mass is 10.2. The molecule has 6 nitrogen and oxygen atoms in total. The van der Waals surface area contributed by atoms with E-state index < -0.39 is 10.9 Å². The van der Waals surface area contributed by atoms with Gasteiger partial charge in [0.1, 0.15) is 11.7 Å². The molecule has 96 valence electrons. The lowest BCUT2D eigenvalue weighted by molar-refractivity contribution is -0.385. The fraction of sp³-hybridized carbons (Fsp3) is 0.364. The summed E-state index contributed by atoms with van der Waals surface area (Å²) < 4.78 is 10.2. The fourth-order valence-electron chi connectivity index (χ4n) is 1.65. The van der Waals surface area contributed by atoms with Crippen molar-refractivity contribution in [3.05, 3.63) is 38.9 Å². The monoisotopic (exact) mass is 271 g/mol. The fourth-order valence-corrected chi connectivity index (χ4v) is 1.82. The minimum Gasteiger partial charge on any atom is -0.456 e. The average molecular weight is 272 g/mol. The number of nitrogens with zero attached hydrogens (tertiary/aromatic N) is 1. The second-order valence-electron chi connectivity index (χ2n) is 3.81. The molecule has 7 heteroatoms. The number of hydrogen-bond donors (Lipinski definition) is 0. The van der Waals surface area contributed by atoms with Gasteiger partial charge >= 0.3 is 5.97 Å². The molecule has 0 N–H and O–H groups in total. The van der Waals surface area contributed by atoms with Gasteiger partial charge in [0, 0.05) is 17.5 Å². The number of carbonyl (C=O) groups is 1. The molecule has 1 atom stereocenters. The minimum atomic E-state index is -0.750. The van der Waals surface area contributed by atoms with E-state index >= 15 is 0 Å². The third kappa shape index (κ3) is 2.77. The first-order valence-electron chi connectivity index (χ1n) is 5.30. The van der Waals surface area contributed by atoms with Crippen molar-refractivity contribution < 1.29 is 19.2 Å². The topological polar surface area (TPSA) is 78.7 Å². The van der Waals surface area contributed by atoms with Gasteiger partial charge in [0.05, 0.1) is 18.1 Å². The number of hydrogen-bond acceptors (Lipinski definition) is 5. The summed E-state index contributed by atoms with van der Waals surface area (Å²) in [4.78, 5) is 22.0. The van der Waals surface area contributed by atoms with E-state index in [4.69, 9.17) is 21.1 Å². The van der Waals surface area contributed by atoms with Crippen LogP contribution < -0.4 is 0 Å². The van der Waals surface area contributed by atoms with Crippen LogP contribution in [0, 0.1) is 10.1 Å². The van der Waals surface area contributed by atoms with Gasteiger partial charge in [-0.05, 0) is 12.1 Å². The molecule has 0 aliphatic carbocycles. The minimum absolute atomic E-state index is 0.139. The molecule has 0 amide bonds. The quantitative estimate of drug-likeness (QED) is 0.478. The number of ether oxygens (including phenoxy) is 2.